The number of aryl methyl sites for hydroxylation is 2. The van der Waals surface area contributed by atoms with Crippen LogP contribution in [0.5, 0.6) is 0 Å². The van der Waals surface area contributed by atoms with Gasteiger partial charge in [-0.25, -0.2) is 0 Å². The van der Waals surface area contributed by atoms with Gasteiger partial charge in [0.25, 0.3) is 0 Å². The number of benzene rings is 4. The molecule has 0 nitrogen and oxygen atoms in total. The van der Waals surface area contributed by atoms with E-state index in [2.05, 4.69) is 174 Å². The molecule has 6 rings (SSSR count). The molecule has 0 bridgehead atoms. The van der Waals surface area contributed by atoms with Crippen molar-refractivity contribution in [3.05, 3.63) is 130 Å². The van der Waals surface area contributed by atoms with E-state index < -0.39 is 0 Å². The van der Waals surface area contributed by atoms with Gasteiger partial charge < -0.3 is 24.8 Å². The van der Waals surface area contributed by atoms with Crippen molar-refractivity contribution in [2.45, 2.75) is 99.8 Å². The number of hydrogen-bond donors (Lipinski definition) is 0. The number of rotatable bonds is 3. The normalized spacial score (nSPS) is 11.4. The average molecular weight is 755 g/mol. The molecule has 0 radical (unpaired) electrons. The standard InChI is InChI=1S/C23H27.C22H25.2ClH.Zr/c1-14-12-20-16(3)15(2)17(4)22(21(20)13-14)18-8-10-19(11-9-18)23(5,6)7;1-15(2)18-13-17-7-6-8-20(21(17)14-18)16-9-11-19(12-10-16)22(3,4)5;;;/h8-13H,1-7H3;6-15H,1-5H3;2*1H;/q2*-1;;;+4/p-2. The third-order valence-electron chi connectivity index (χ3n) is 9.75. The second kappa shape index (κ2) is 16.1. The zero-order valence-corrected chi connectivity index (χ0v) is 35.0. The molecule has 6 aromatic rings. The number of halogens is 2. The molecule has 0 aliphatic rings. The van der Waals surface area contributed by atoms with E-state index in [0.29, 0.717) is 5.92 Å². The summed E-state index contributed by atoms with van der Waals surface area (Å²) < 4.78 is 0. The molecule has 0 spiro atoms. The first kappa shape index (κ1) is 41.7. The average Bonchev–Trinajstić information content (AvgIpc) is 3.60. The monoisotopic (exact) mass is 752 g/mol. The molecular formula is C45H52Cl2Zr. The fourth-order valence-corrected chi connectivity index (χ4v) is 6.54. The van der Waals surface area contributed by atoms with E-state index >= 15 is 0 Å². The van der Waals surface area contributed by atoms with Crippen LogP contribution in [0, 0.1) is 27.7 Å². The Bertz CT molecular complexity index is 1950. The van der Waals surface area contributed by atoms with Crippen molar-refractivity contribution in [3.63, 3.8) is 0 Å². The Morgan fingerprint density at radius 1 is 0.562 bits per heavy atom. The third-order valence-corrected chi connectivity index (χ3v) is 9.75. The minimum Gasteiger partial charge on any atom is -1.00 e. The Balaban J connectivity index is 0.000000314. The zero-order chi connectivity index (χ0) is 32.8. The van der Waals surface area contributed by atoms with E-state index in [9.17, 15) is 0 Å². The van der Waals surface area contributed by atoms with Crippen LogP contribution < -0.4 is 24.8 Å². The van der Waals surface area contributed by atoms with Gasteiger partial charge in [0.1, 0.15) is 0 Å². The molecule has 0 aromatic heterocycles. The van der Waals surface area contributed by atoms with Crippen molar-refractivity contribution in [1.82, 2.24) is 0 Å². The predicted octanol–water partition coefficient (Wildman–Crippen LogP) is 7.41. The molecule has 0 atom stereocenters. The topological polar surface area (TPSA) is 0 Å². The molecule has 0 saturated carbocycles. The van der Waals surface area contributed by atoms with Gasteiger partial charge in [0.05, 0.1) is 0 Å². The molecule has 0 unspecified atom stereocenters. The van der Waals surface area contributed by atoms with Crippen molar-refractivity contribution in [2.75, 3.05) is 0 Å². The van der Waals surface area contributed by atoms with Crippen LogP contribution in [-0.2, 0) is 37.0 Å². The summed E-state index contributed by atoms with van der Waals surface area (Å²) in [6, 6.07) is 34.2. The van der Waals surface area contributed by atoms with Crippen molar-refractivity contribution in [1.29, 1.82) is 0 Å². The maximum Gasteiger partial charge on any atom is 4.00 e. The summed E-state index contributed by atoms with van der Waals surface area (Å²) in [5, 5.41) is 5.52. The number of fused-ring (bicyclic) bond motifs is 2. The summed E-state index contributed by atoms with van der Waals surface area (Å²) in [5.74, 6) is 0.573. The quantitative estimate of drug-likeness (QED) is 0.165. The fourth-order valence-electron chi connectivity index (χ4n) is 6.54. The van der Waals surface area contributed by atoms with E-state index in [1.165, 1.54) is 82.7 Å². The van der Waals surface area contributed by atoms with Crippen LogP contribution >= 0.6 is 0 Å². The maximum absolute atomic E-state index is 2.35. The molecule has 3 heteroatoms. The van der Waals surface area contributed by atoms with Gasteiger partial charge in [0.15, 0.2) is 0 Å². The van der Waals surface area contributed by atoms with Crippen molar-refractivity contribution >= 4 is 21.5 Å². The Hall–Kier alpha value is -2.44. The van der Waals surface area contributed by atoms with Gasteiger partial charge in [-0.2, -0.15) is 12.1 Å². The van der Waals surface area contributed by atoms with E-state index in [0.717, 1.165) is 0 Å². The van der Waals surface area contributed by atoms with Crippen LogP contribution in [0.3, 0.4) is 0 Å². The largest absolute Gasteiger partial charge is 4.00 e. The minimum absolute atomic E-state index is 0. The molecule has 0 fully saturated rings. The van der Waals surface area contributed by atoms with Crippen LogP contribution in [0.1, 0.15) is 100 Å². The molecule has 6 aromatic carbocycles. The molecule has 0 aliphatic carbocycles. The minimum atomic E-state index is 0. The van der Waals surface area contributed by atoms with Crippen LogP contribution in [0.2, 0.25) is 0 Å². The third kappa shape index (κ3) is 8.64. The van der Waals surface area contributed by atoms with Crippen LogP contribution in [0.4, 0.5) is 0 Å². The van der Waals surface area contributed by atoms with Gasteiger partial charge in [-0.05, 0) is 52.8 Å². The molecule has 250 valence electrons. The number of hydrogen-bond acceptors (Lipinski definition) is 0. The van der Waals surface area contributed by atoms with E-state index in [4.69, 9.17) is 0 Å². The molecule has 0 aliphatic heterocycles. The van der Waals surface area contributed by atoms with Gasteiger partial charge in [-0.3, -0.25) is 0 Å². The van der Waals surface area contributed by atoms with E-state index in [-0.39, 0.29) is 61.8 Å². The van der Waals surface area contributed by atoms with Gasteiger partial charge >= 0.3 is 26.2 Å². The van der Waals surface area contributed by atoms with Gasteiger partial charge in [-0.15, -0.1) is 62.5 Å². The summed E-state index contributed by atoms with van der Waals surface area (Å²) in [6.45, 7) is 27.0. The fraction of sp³-hybridized carbons (Fsp3) is 0.333. The first-order valence-electron chi connectivity index (χ1n) is 16.6. The molecule has 0 heterocycles. The first-order chi connectivity index (χ1) is 21.1. The second-order valence-corrected chi connectivity index (χ2v) is 15.5. The first-order valence-corrected chi connectivity index (χ1v) is 16.6. The van der Waals surface area contributed by atoms with Crippen LogP contribution in [0.25, 0.3) is 43.8 Å². The maximum atomic E-state index is 2.35. The Labute approximate surface area is 322 Å². The summed E-state index contributed by atoms with van der Waals surface area (Å²) in [6.07, 6.45) is 0. The van der Waals surface area contributed by atoms with Crippen molar-refractivity contribution in [3.8, 4) is 22.3 Å². The smallest absolute Gasteiger partial charge is 1.00 e. The van der Waals surface area contributed by atoms with Crippen molar-refractivity contribution in [2.24, 2.45) is 0 Å². The molecule has 48 heavy (non-hydrogen) atoms. The van der Waals surface area contributed by atoms with Gasteiger partial charge in [0.2, 0.25) is 0 Å². The second-order valence-electron chi connectivity index (χ2n) is 15.5. The SMILES string of the molecule is CC(C)c1cc2c(-c3ccc(C(C)(C)C)cc3)cccc2[cH-]1.Cc1cc2c(-c3ccc(C(C)(C)C)cc3)c(C)c(C)c(C)c2[cH-]1.[Cl-].[Cl-].[Zr+4]. The Morgan fingerprint density at radius 3 is 1.58 bits per heavy atom. The summed E-state index contributed by atoms with van der Waals surface area (Å²) >= 11 is 0. The Morgan fingerprint density at radius 2 is 1.08 bits per heavy atom. The summed E-state index contributed by atoms with van der Waals surface area (Å²) in [4.78, 5) is 0. The van der Waals surface area contributed by atoms with E-state index in [1.54, 1.807) is 0 Å². The predicted molar refractivity (Wildman–Crippen MR) is 200 cm³/mol. The van der Waals surface area contributed by atoms with Crippen LogP contribution in [-0.4, -0.2) is 0 Å². The van der Waals surface area contributed by atoms with Crippen molar-refractivity contribution < 1.29 is 51.0 Å². The molecule has 0 amide bonds. The summed E-state index contributed by atoms with van der Waals surface area (Å²) in [7, 11) is 0. The molecule has 0 saturated heterocycles. The van der Waals surface area contributed by atoms with Gasteiger partial charge in [0, 0.05) is 0 Å². The Kier molecular flexibility index (Phi) is 14.0. The summed E-state index contributed by atoms with van der Waals surface area (Å²) in [5.41, 5.74) is 15.6. The van der Waals surface area contributed by atoms with Gasteiger partial charge in [-0.1, -0.05) is 146 Å². The molecular weight excluding hydrogens is 703 g/mol. The van der Waals surface area contributed by atoms with Crippen LogP contribution in [0.15, 0.2) is 91.0 Å². The zero-order valence-electron chi connectivity index (χ0n) is 31.0. The molecule has 0 N–H and O–H groups in total. The van der Waals surface area contributed by atoms with E-state index in [1.807, 2.05) is 0 Å².